The number of carbonyl (C=O) groups is 1. The molecule has 0 unspecified atom stereocenters. The average molecular weight is 424 g/mol. The number of amides is 1. The molecule has 2 heterocycles. The molecule has 3 aromatic rings. The number of rotatable bonds is 7. The first-order valence-electron chi connectivity index (χ1n) is 9.52. The highest BCUT2D eigenvalue weighted by molar-refractivity contribution is 7.98. The largest absolute Gasteiger partial charge is 0.444 e. The van der Waals surface area contributed by atoms with Gasteiger partial charge in [0.1, 0.15) is 5.60 Å². The van der Waals surface area contributed by atoms with Crippen molar-refractivity contribution in [1.82, 2.24) is 19.7 Å². The Kier molecular flexibility index (Phi) is 6.89. The molecule has 3 rings (SSSR count). The number of ether oxygens (including phenoxy) is 1. The number of carbonyl (C=O) groups excluding carboxylic acids is 1. The molecule has 0 fully saturated rings. The van der Waals surface area contributed by atoms with Crippen LogP contribution in [0.15, 0.2) is 66.6 Å². The number of hydrogen-bond acceptors (Lipinski definition) is 6. The summed E-state index contributed by atoms with van der Waals surface area (Å²) in [5, 5.41) is 12.3. The van der Waals surface area contributed by atoms with Crippen LogP contribution in [-0.2, 0) is 17.0 Å². The van der Waals surface area contributed by atoms with Crippen molar-refractivity contribution in [2.75, 3.05) is 5.32 Å². The predicted octanol–water partition coefficient (Wildman–Crippen LogP) is 5.17. The van der Waals surface area contributed by atoms with Gasteiger partial charge in [-0.05, 0) is 50.6 Å². The van der Waals surface area contributed by atoms with Crippen LogP contribution in [-0.4, -0.2) is 31.4 Å². The van der Waals surface area contributed by atoms with Crippen molar-refractivity contribution in [1.29, 1.82) is 0 Å². The van der Waals surface area contributed by atoms with Crippen molar-refractivity contribution >= 4 is 23.5 Å². The maximum absolute atomic E-state index is 12.0. The van der Waals surface area contributed by atoms with Crippen molar-refractivity contribution in [3.63, 3.8) is 0 Å². The van der Waals surface area contributed by atoms with Gasteiger partial charge in [0.2, 0.25) is 0 Å². The van der Waals surface area contributed by atoms with Gasteiger partial charge in [0.25, 0.3) is 0 Å². The summed E-state index contributed by atoms with van der Waals surface area (Å²) in [5.74, 6) is 1.45. The van der Waals surface area contributed by atoms with Crippen LogP contribution in [0.25, 0.3) is 11.4 Å². The van der Waals surface area contributed by atoms with Crippen LogP contribution in [0.4, 0.5) is 10.5 Å². The predicted molar refractivity (Wildman–Crippen MR) is 119 cm³/mol. The van der Waals surface area contributed by atoms with Gasteiger partial charge in [0.15, 0.2) is 11.0 Å². The summed E-state index contributed by atoms with van der Waals surface area (Å²) in [6.45, 7) is 9.95. The summed E-state index contributed by atoms with van der Waals surface area (Å²) in [7, 11) is 0. The van der Waals surface area contributed by atoms with Crippen LogP contribution in [0.5, 0.6) is 0 Å². The van der Waals surface area contributed by atoms with E-state index in [0.717, 1.165) is 22.1 Å². The van der Waals surface area contributed by atoms with Gasteiger partial charge in [-0.1, -0.05) is 30.0 Å². The molecule has 1 aromatic carbocycles. The Morgan fingerprint density at radius 2 is 2.00 bits per heavy atom. The second-order valence-electron chi connectivity index (χ2n) is 7.56. The van der Waals surface area contributed by atoms with Gasteiger partial charge in [-0.3, -0.25) is 14.9 Å². The molecule has 0 radical (unpaired) electrons. The molecule has 2 aromatic heterocycles. The molecule has 7 nitrogen and oxygen atoms in total. The Hall–Kier alpha value is -3.13. The molecule has 0 aliphatic heterocycles. The molecule has 0 saturated heterocycles. The minimum Gasteiger partial charge on any atom is -0.444 e. The van der Waals surface area contributed by atoms with Gasteiger partial charge in [-0.25, -0.2) is 4.79 Å². The standard InChI is InChI=1S/C22H25N5O2S/c1-5-13-27-19(17-9-11-23-12-10-17)25-26-20(27)30-15-16-7-6-8-18(14-16)24-21(28)29-22(2,3)4/h5-12,14H,1,13,15H2,2-4H3,(H,24,28). The summed E-state index contributed by atoms with van der Waals surface area (Å²) >= 11 is 1.58. The van der Waals surface area contributed by atoms with Crippen molar-refractivity contribution in [3.05, 3.63) is 67.0 Å². The average Bonchev–Trinajstić information content (AvgIpc) is 3.09. The Morgan fingerprint density at radius 3 is 2.70 bits per heavy atom. The Bertz CT molecular complexity index is 1010. The van der Waals surface area contributed by atoms with E-state index in [4.69, 9.17) is 4.74 Å². The molecule has 8 heteroatoms. The molecule has 0 aliphatic rings. The summed E-state index contributed by atoms with van der Waals surface area (Å²) in [5.41, 5.74) is 2.15. The Balaban J connectivity index is 1.71. The van der Waals surface area contributed by atoms with Crippen molar-refractivity contribution in [2.45, 2.75) is 43.8 Å². The zero-order valence-corrected chi connectivity index (χ0v) is 18.1. The van der Waals surface area contributed by atoms with E-state index in [9.17, 15) is 4.79 Å². The number of allylic oxidation sites excluding steroid dienone is 1. The van der Waals surface area contributed by atoms with E-state index in [1.807, 2.05) is 67.8 Å². The maximum Gasteiger partial charge on any atom is 0.412 e. The molecule has 0 aliphatic carbocycles. The fraction of sp³-hybridized carbons (Fsp3) is 0.273. The van der Waals surface area contributed by atoms with E-state index >= 15 is 0 Å². The normalized spacial score (nSPS) is 11.2. The molecule has 0 spiro atoms. The zero-order valence-electron chi connectivity index (χ0n) is 17.3. The van der Waals surface area contributed by atoms with E-state index in [1.54, 1.807) is 24.2 Å². The van der Waals surface area contributed by atoms with Crippen LogP contribution in [0, 0.1) is 0 Å². The number of aromatic nitrogens is 4. The molecule has 1 N–H and O–H groups in total. The summed E-state index contributed by atoms with van der Waals surface area (Å²) in [6, 6.07) is 11.5. The number of nitrogens with zero attached hydrogens (tertiary/aromatic N) is 4. The lowest BCUT2D eigenvalue weighted by Crippen LogP contribution is -2.27. The third-order valence-electron chi connectivity index (χ3n) is 3.91. The van der Waals surface area contributed by atoms with Gasteiger partial charge in [0, 0.05) is 35.9 Å². The maximum atomic E-state index is 12.0. The van der Waals surface area contributed by atoms with E-state index < -0.39 is 11.7 Å². The fourth-order valence-electron chi connectivity index (χ4n) is 2.71. The lowest BCUT2D eigenvalue weighted by atomic mass is 10.2. The number of benzene rings is 1. The molecule has 1 amide bonds. The minimum atomic E-state index is -0.542. The van der Waals surface area contributed by atoms with E-state index in [0.29, 0.717) is 18.0 Å². The van der Waals surface area contributed by atoms with E-state index in [1.165, 1.54) is 0 Å². The SMILES string of the molecule is C=CCn1c(SCc2cccc(NC(=O)OC(C)(C)C)c2)nnc1-c1ccncc1. The van der Waals surface area contributed by atoms with Crippen LogP contribution in [0.2, 0.25) is 0 Å². The lowest BCUT2D eigenvalue weighted by molar-refractivity contribution is 0.0636. The molecule has 0 bridgehead atoms. The molecule has 0 saturated carbocycles. The first kappa shape index (κ1) is 21.6. The van der Waals surface area contributed by atoms with Crippen LogP contribution in [0.1, 0.15) is 26.3 Å². The lowest BCUT2D eigenvalue weighted by Gasteiger charge is -2.19. The van der Waals surface area contributed by atoms with Crippen LogP contribution < -0.4 is 5.32 Å². The van der Waals surface area contributed by atoms with Crippen LogP contribution >= 0.6 is 11.8 Å². The molecular weight excluding hydrogens is 398 g/mol. The summed E-state index contributed by atoms with van der Waals surface area (Å²) < 4.78 is 7.33. The first-order valence-corrected chi connectivity index (χ1v) is 10.5. The highest BCUT2D eigenvalue weighted by Crippen LogP contribution is 2.27. The zero-order chi connectivity index (χ0) is 21.6. The smallest absolute Gasteiger partial charge is 0.412 e. The van der Waals surface area contributed by atoms with Crippen LogP contribution in [0.3, 0.4) is 0 Å². The van der Waals surface area contributed by atoms with Gasteiger partial charge < -0.3 is 4.74 Å². The molecule has 30 heavy (non-hydrogen) atoms. The second-order valence-corrected chi connectivity index (χ2v) is 8.50. The Morgan fingerprint density at radius 1 is 1.23 bits per heavy atom. The molecule has 156 valence electrons. The first-order chi connectivity index (χ1) is 14.4. The summed E-state index contributed by atoms with van der Waals surface area (Å²) in [6.07, 6.45) is 4.82. The quantitative estimate of drug-likeness (QED) is 0.417. The van der Waals surface area contributed by atoms with Gasteiger partial charge >= 0.3 is 6.09 Å². The molecule has 0 atom stereocenters. The highest BCUT2D eigenvalue weighted by atomic mass is 32.2. The Labute approximate surface area is 180 Å². The fourth-order valence-corrected chi connectivity index (χ4v) is 3.60. The monoisotopic (exact) mass is 423 g/mol. The van der Waals surface area contributed by atoms with E-state index in [2.05, 4.69) is 27.1 Å². The van der Waals surface area contributed by atoms with Gasteiger partial charge in [-0.15, -0.1) is 16.8 Å². The van der Waals surface area contributed by atoms with Gasteiger partial charge in [0.05, 0.1) is 0 Å². The summed E-state index contributed by atoms with van der Waals surface area (Å²) in [4.78, 5) is 16.1. The number of nitrogens with one attached hydrogen (secondary N) is 1. The van der Waals surface area contributed by atoms with Crippen molar-refractivity contribution in [3.8, 4) is 11.4 Å². The number of pyridine rings is 1. The van der Waals surface area contributed by atoms with E-state index in [-0.39, 0.29) is 0 Å². The van der Waals surface area contributed by atoms with Crippen molar-refractivity contribution in [2.24, 2.45) is 0 Å². The minimum absolute atomic E-state index is 0.472. The third-order valence-corrected chi connectivity index (χ3v) is 4.95. The molecular formula is C22H25N5O2S. The number of hydrogen-bond donors (Lipinski definition) is 1. The third kappa shape index (κ3) is 5.93. The topological polar surface area (TPSA) is 81.9 Å². The number of thioether (sulfide) groups is 1. The highest BCUT2D eigenvalue weighted by Gasteiger charge is 2.17. The number of anilines is 1. The van der Waals surface area contributed by atoms with Crippen molar-refractivity contribution < 1.29 is 9.53 Å². The van der Waals surface area contributed by atoms with Gasteiger partial charge in [-0.2, -0.15) is 0 Å². The second kappa shape index (κ2) is 9.58.